The fourth-order valence-electron chi connectivity index (χ4n) is 4.47. The SMILES string of the molecule is O=C1CC2(CCN(C3CCSCC3)CC2)c2ccccc2N1. The number of hydrogen-bond donors (Lipinski definition) is 1. The number of piperidine rings is 1. The number of carbonyl (C=O) groups is 1. The molecule has 2 fully saturated rings. The van der Waals surface area contributed by atoms with Crippen LogP contribution >= 0.6 is 11.8 Å². The molecule has 0 aromatic heterocycles. The highest BCUT2D eigenvalue weighted by molar-refractivity contribution is 7.99. The van der Waals surface area contributed by atoms with Gasteiger partial charge in [-0.05, 0) is 61.9 Å². The van der Waals surface area contributed by atoms with Crippen LogP contribution in [0.4, 0.5) is 5.69 Å². The molecule has 22 heavy (non-hydrogen) atoms. The van der Waals surface area contributed by atoms with Gasteiger partial charge < -0.3 is 10.2 Å². The molecule has 1 N–H and O–H groups in total. The molecule has 3 heterocycles. The molecule has 3 nitrogen and oxygen atoms in total. The molecule has 4 heteroatoms. The lowest BCUT2D eigenvalue weighted by atomic mass is 9.68. The van der Waals surface area contributed by atoms with Gasteiger partial charge in [-0.2, -0.15) is 11.8 Å². The quantitative estimate of drug-likeness (QED) is 0.863. The van der Waals surface area contributed by atoms with Gasteiger partial charge in [0.25, 0.3) is 0 Å². The number of rotatable bonds is 1. The van der Waals surface area contributed by atoms with E-state index in [0.29, 0.717) is 6.42 Å². The second-order valence-electron chi connectivity index (χ2n) is 6.93. The first-order chi connectivity index (χ1) is 10.8. The summed E-state index contributed by atoms with van der Waals surface area (Å²) in [4.78, 5) is 14.8. The fraction of sp³-hybridized carbons (Fsp3) is 0.611. The number of benzene rings is 1. The van der Waals surface area contributed by atoms with E-state index in [1.165, 1.54) is 29.9 Å². The Labute approximate surface area is 136 Å². The molecule has 1 aromatic carbocycles. The number of anilines is 1. The van der Waals surface area contributed by atoms with Gasteiger partial charge in [0.05, 0.1) is 0 Å². The summed E-state index contributed by atoms with van der Waals surface area (Å²) in [5.74, 6) is 2.83. The number of nitrogens with one attached hydrogen (secondary N) is 1. The maximum Gasteiger partial charge on any atom is 0.225 e. The molecule has 3 aliphatic rings. The van der Waals surface area contributed by atoms with Crippen LogP contribution < -0.4 is 5.32 Å². The number of hydrogen-bond acceptors (Lipinski definition) is 3. The van der Waals surface area contributed by atoms with Gasteiger partial charge in [0, 0.05) is 23.6 Å². The Morgan fingerprint density at radius 1 is 1.14 bits per heavy atom. The van der Waals surface area contributed by atoms with Crippen molar-refractivity contribution < 1.29 is 4.79 Å². The Hall–Kier alpha value is -1.00. The minimum atomic E-state index is 0.0822. The number of para-hydroxylation sites is 1. The number of likely N-dealkylation sites (tertiary alicyclic amines) is 1. The maximum absolute atomic E-state index is 12.2. The molecular weight excluding hydrogens is 292 g/mol. The van der Waals surface area contributed by atoms with Gasteiger partial charge in [-0.3, -0.25) is 4.79 Å². The van der Waals surface area contributed by atoms with E-state index in [4.69, 9.17) is 0 Å². The lowest BCUT2D eigenvalue weighted by molar-refractivity contribution is -0.118. The molecule has 0 radical (unpaired) electrons. The largest absolute Gasteiger partial charge is 0.326 e. The zero-order valence-corrected chi connectivity index (χ0v) is 13.8. The highest BCUT2D eigenvalue weighted by Crippen LogP contribution is 2.45. The van der Waals surface area contributed by atoms with Gasteiger partial charge in [0.2, 0.25) is 5.91 Å². The topological polar surface area (TPSA) is 32.3 Å². The molecule has 0 bridgehead atoms. The van der Waals surface area contributed by atoms with Gasteiger partial charge in [0.15, 0.2) is 0 Å². The van der Waals surface area contributed by atoms with E-state index in [0.717, 1.165) is 37.7 Å². The van der Waals surface area contributed by atoms with Crippen molar-refractivity contribution >= 4 is 23.4 Å². The van der Waals surface area contributed by atoms with Crippen LogP contribution in [0.2, 0.25) is 0 Å². The van der Waals surface area contributed by atoms with Crippen molar-refractivity contribution in [2.24, 2.45) is 0 Å². The third-order valence-electron chi connectivity index (χ3n) is 5.73. The van der Waals surface area contributed by atoms with Crippen molar-refractivity contribution in [3.8, 4) is 0 Å². The molecule has 118 valence electrons. The number of fused-ring (bicyclic) bond motifs is 2. The first-order valence-corrected chi connectivity index (χ1v) is 9.63. The lowest BCUT2D eigenvalue weighted by Crippen LogP contribution is -2.50. The third kappa shape index (κ3) is 2.56. The molecular formula is C18H24N2OS. The molecule has 0 aliphatic carbocycles. The van der Waals surface area contributed by atoms with Crippen molar-refractivity contribution in [1.82, 2.24) is 4.90 Å². The van der Waals surface area contributed by atoms with E-state index in [-0.39, 0.29) is 11.3 Å². The molecule has 1 amide bonds. The van der Waals surface area contributed by atoms with Gasteiger partial charge in [-0.25, -0.2) is 0 Å². The Morgan fingerprint density at radius 3 is 2.64 bits per heavy atom. The molecule has 0 saturated carbocycles. The Kier molecular flexibility index (Phi) is 3.91. The molecule has 0 atom stereocenters. The Morgan fingerprint density at radius 2 is 1.86 bits per heavy atom. The van der Waals surface area contributed by atoms with E-state index >= 15 is 0 Å². The monoisotopic (exact) mass is 316 g/mol. The average molecular weight is 316 g/mol. The van der Waals surface area contributed by atoms with Crippen LogP contribution in [0, 0.1) is 0 Å². The summed E-state index contributed by atoms with van der Waals surface area (Å²) in [6, 6.07) is 9.20. The zero-order valence-electron chi connectivity index (χ0n) is 13.0. The fourth-order valence-corrected chi connectivity index (χ4v) is 5.55. The summed E-state index contributed by atoms with van der Waals surface area (Å²) in [5.41, 5.74) is 2.49. The molecule has 1 spiro atoms. The van der Waals surface area contributed by atoms with Crippen LogP contribution in [0.1, 0.15) is 37.7 Å². The average Bonchev–Trinajstić information content (AvgIpc) is 2.56. The molecule has 4 rings (SSSR count). The smallest absolute Gasteiger partial charge is 0.225 e. The van der Waals surface area contributed by atoms with Gasteiger partial charge >= 0.3 is 0 Å². The highest BCUT2D eigenvalue weighted by atomic mass is 32.2. The predicted octanol–water partition coefficient (Wildman–Crippen LogP) is 3.26. The molecule has 3 aliphatic heterocycles. The summed E-state index contributed by atoms with van der Waals surface area (Å²) in [7, 11) is 0. The number of carbonyl (C=O) groups excluding carboxylic acids is 1. The summed E-state index contributed by atoms with van der Waals surface area (Å²) in [5, 5.41) is 3.05. The highest BCUT2D eigenvalue weighted by Gasteiger charge is 2.43. The van der Waals surface area contributed by atoms with Crippen LogP contribution in [-0.4, -0.2) is 41.4 Å². The standard InChI is InChI=1S/C18H24N2OS/c21-17-13-18(15-3-1-2-4-16(15)19-17)7-9-20(10-8-18)14-5-11-22-12-6-14/h1-4,14H,5-13H2,(H,19,21). The van der Waals surface area contributed by atoms with Crippen molar-refractivity contribution in [3.63, 3.8) is 0 Å². The lowest BCUT2D eigenvalue weighted by Gasteiger charge is -2.47. The van der Waals surface area contributed by atoms with Gasteiger partial charge in [0.1, 0.15) is 0 Å². The van der Waals surface area contributed by atoms with E-state index in [2.05, 4.69) is 40.2 Å². The Balaban J connectivity index is 1.53. The maximum atomic E-state index is 12.2. The van der Waals surface area contributed by atoms with Gasteiger partial charge in [-0.1, -0.05) is 18.2 Å². The van der Waals surface area contributed by atoms with Crippen LogP contribution in [-0.2, 0) is 10.2 Å². The van der Waals surface area contributed by atoms with Crippen LogP contribution in [0.3, 0.4) is 0 Å². The zero-order chi connectivity index (χ0) is 15.0. The van der Waals surface area contributed by atoms with Gasteiger partial charge in [-0.15, -0.1) is 0 Å². The second kappa shape index (κ2) is 5.89. The van der Waals surface area contributed by atoms with Crippen molar-refractivity contribution in [3.05, 3.63) is 29.8 Å². The van der Waals surface area contributed by atoms with E-state index in [1.54, 1.807) is 0 Å². The first-order valence-electron chi connectivity index (χ1n) is 8.48. The van der Waals surface area contributed by atoms with Crippen LogP contribution in [0.5, 0.6) is 0 Å². The number of nitrogens with zero attached hydrogens (tertiary/aromatic N) is 1. The second-order valence-corrected chi connectivity index (χ2v) is 8.16. The van der Waals surface area contributed by atoms with Crippen molar-refractivity contribution in [2.45, 2.75) is 43.6 Å². The molecule has 2 saturated heterocycles. The van der Waals surface area contributed by atoms with E-state index in [9.17, 15) is 4.79 Å². The summed E-state index contributed by atoms with van der Waals surface area (Å²) < 4.78 is 0. The molecule has 0 unspecified atom stereocenters. The van der Waals surface area contributed by atoms with Crippen LogP contribution in [0.25, 0.3) is 0 Å². The summed E-state index contributed by atoms with van der Waals surface area (Å²) in [6.07, 6.45) is 5.60. The summed E-state index contributed by atoms with van der Waals surface area (Å²) >= 11 is 2.10. The first kappa shape index (κ1) is 14.6. The van der Waals surface area contributed by atoms with Crippen molar-refractivity contribution in [1.29, 1.82) is 0 Å². The third-order valence-corrected chi connectivity index (χ3v) is 6.78. The van der Waals surface area contributed by atoms with Crippen LogP contribution in [0.15, 0.2) is 24.3 Å². The van der Waals surface area contributed by atoms with E-state index in [1.807, 2.05) is 6.07 Å². The minimum absolute atomic E-state index is 0.0822. The Bertz CT molecular complexity index is 560. The number of amides is 1. The van der Waals surface area contributed by atoms with E-state index < -0.39 is 0 Å². The minimum Gasteiger partial charge on any atom is -0.326 e. The summed E-state index contributed by atoms with van der Waals surface area (Å²) in [6.45, 7) is 2.30. The molecule has 1 aromatic rings. The normalized spacial score (nSPS) is 25.7. The van der Waals surface area contributed by atoms with Crippen molar-refractivity contribution in [2.75, 3.05) is 29.9 Å². The predicted molar refractivity (Wildman–Crippen MR) is 92.5 cm³/mol. The number of thioether (sulfide) groups is 1.